The maximum absolute atomic E-state index is 12.4. The Bertz CT molecular complexity index is 580. The second-order valence-electron chi connectivity index (χ2n) is 8.10. The summed E-state index contributed by atoms with van der Waals surface area (Å²) in [6.07, 6.45) is -0.230. The van der Waals surface area contributed by atoms with E-state index >= 15 is 0 Å². The lowest BCUT2D eigenvalue weighted by molar-refractivity contribution is -0.0184. The predicted octanol–water partition coefficient (Wildman–Crippen LogP) is 3.57. The standard InChI is InChI=1S/C20H32N2O3/c1-14-12-22(19(24)25-20(4,5)6)15(2)11-21(14)16(3)18-9-7-17(13-23)8-10-18/h7-10,14-16,23H,11-13H2,1-6H3/t14?,15-,16?/m1/s1. The molecule has 1 aliphatic heterocycles. The summed E-state index contributed by atoms with van der Waals surface area (Å²) in [7, 11) is 0. The number of carbonyl (C=O) groups excluding carboxylic acids is 1. The Balaban J connectivity index is 2.06. The van der Waals surface area contributed by atoms with Crippen LogP contribution >= 0.6 is 0 Å². The molecule has 1 fully saturated rings. The van der Waals surface area contributed by atoms with Gasteiger partial charge >= 0.3 is 6.09 Å². The maximum Gasteiger partial charge on any atom is 0.410 e. The van der Waals surface area contributed by atoms with E-state index in [2.05, 4.69) is 37.8 Å². The van der Waals surface area contributed by atoms with Crippen molar-refractivity contribution >= 4 is 6.09 Å². The van der Waals surface area contributed by atoms with Gasteiger partial charge in [-0.05, 0) is 52.7 Å². The van der Waals surface area contributed by atoms with Crippen LogP contribution in [0, 0.1) is 0 Å². The van der Waals surface area contributed by atoms with Crippen molar-refractivity contribution in [3.8, 4) is 0 Å². The number of aliphatic hydroxyl groups is 1. The summed E-state index contributed by atoms with van der Waals surface area (Å²) in [5, 5.41) is 9.19. The van der Waals surface area contributed by atoms with Gasteiger partial charge in [0.2, 0.25) is 0 Å². The van der Waals surface area contributed by atoms with Gasteiger partial charge in [-0.2, -0.15) is 0 Å². The van der Waals surface area contributed by atoms with Crippen LogP contribution in [0.4, 0.5) is 4.79 Å². The normalized spacial score (nSPS) is 23.4. The SMILES string of the molecule is CC1CN(C(=O)OC(C)(C)C)[C@H](C)CN1C(C)c1ccc(CO)cc1. The van der Waals surface area contributed by atoms with Crippen LogP contribution in [0.3, 0.4) is 0 Å². The molecular formula is C20H32N2O3. The average Bonchev–Trinajstić information content (AvgIpc) is 2.54. The molecule has 1 N–H and O–H groups in total. The number of benzene rings is 1. The molecule has 1 heterocycles. The summed E-state index contributed by atoms with van der Waals surface area (Å²) in [6, 6.07) is 8.70. The molecule has 1 saturated heterocycles. The Kier molecular flexibility index (Phi) is 6.12. The molecule has 0 bridgehead atoms. The summed E-state index contributed by atoms with van der Waals surface area (Å²) >= 11 is 0. The fourth-order valence-electron chi connectivity index (χ4n) is 3.36. The molecule has 25 heavy (non-hydrogen) atoms. The monoisotopic (exact) mass is 348 g/mol. The first-order valence-electron chi connectivity index (χ1n) is 9.07. The number of carbonyl (C=O) groups is 1. The Hall–Kier alpha value is -1.59. The highest BCUT2D eigenvalue weighted by Crippen LogP contribution is 2.28. The minimum Gasteiger partial charge on any atom is -0.444 e. The second kappa shape index (κ2) is 7.75. The van der Waals surface area contributed by atoms with Gasteiger partial charge in [0.25, 0.3) is 0 Å². The van der Waals surface area contributed by atoms with E-state index in [0.717, 1.165) is 12.1 Å². The van der Waals surface area contributed by atoms with Gasteiger partial charge in [0.15, 0.2) is 0 Å². The van der Waals surface area contributed by atoms with Gasteiger partial charge in [-0.15, -0.1) is 0 Å². The van der Waals surface area contributed by atoms with E-state index < -0.39 is 5.60 Å². The van der Waals surface area contributed by atoms with E-state index in [1.54, 1.807) is 0 Å². The molecule has 2 rings (SSSR count). The van der Waals surface area contributed by atoms with E-state index in [1.165, 1.54) is 5.56 Å². The number of aliphatic hydroxyl groups excluding tert-OH is 1. The van der Waals surface area contributed by atoms with Crippen molar-refractivity contribution in [2.45, 2.75) is 71.9 Å². The zero-order chi connectivity index (χ0) is 18.8. The molecule has 0 aliphatic carbocycles. The highest BCUT2D eigenvalue weighted by atomic mass is 16.6. The third-order valence-corrected chi connectivity index (χ3v) is 4.80. The van der Waals surface area contributed by atoms with E-state index in [9.17, 15) is 9.90 Å². The minimum absolute atomic E-state index is 0.0661. The fourth-order valence-corrected chi connectivity index (χ4v) is 3.36. The molecule has 5 heteroatoms. The molecule has 2 unspecified atom stereocenters. The number of amides is 1. The zero-order valence-electron chi connectivity index (χ0n) is 16.3. The lowest BCUT2D eigenvalue weighted by Crippen LogP contribution is -2.59. The van der Waals surface area contributed by atoms with Crippen molar-refractivity contribution in [2.24, 2.45) is 0 Å². The van der Waals surface area contributed by atoms with Crippen molar-refractivity contribution in [1.29, 1.82) is 0 Å². The Labute approximate surface area is 151 Å². The quantitative estimate of drug-likeness (QED) is 0.907. The molecule has 1 aromatic rings. The maximum atomic E-state index is 12.4. The Morgan fingerprint density at radius 3 is 2.32 bits per heavy atom. The van der Waals surface area contributed by atoms with Crippen molar-refractivity contribution in [2.75, 3.05) is 13.1 Å². The van der Waals surface area contributed by atoms with Crippen molar-refractivity contribution < 1.29 is 14.6 Å². The van der Waals surface area contributed by atoms with Crippen molar-refractivity contribution in [1.82, 2.24) is 9.80 Å². The lowest BCUT2D eigenvalue weighted by Gasteiger charge is -2.46. The molecule has 3 atom stereocenters. The summed E-state index contributed by atoms with van der Waals surface area (Å²) in [5.41, 5.74) is 1.67. The van der Waals surface area contributed by atoms with Gasteiger partial charge in [-0.3, -0.25) is 4.90 Å². The lowest BCUT2D eigenvalue weighted by atomic mass is 10.00. The third kappa shape index (κ3) is 4.95. The molecule has 0 aromatic heterocycles. The van der Waals surface area contributed by atoms with Crippen LogP contribution in [0.1, 0.15) is 58.7 Å². The van der Waals surface area contributed by atoms with E-state index in [-0.39, 0.29) is 30.8 Å². The Morgan fingerprint density at radius 2 is 1.80 bits per heavy atom. The second-order valence-corrected chi connectivity index (χ2v) is 8.10. The van der Waals surface area contributed by atoms with E-state index in [0.29, 0.717) is 6.54 Å². The fraction of sp³-hybridized carbons (Fsp3) is 0.650. The van der Waals surface area contributed by atoms with Gasteiger partial charge < -0.3 is 14.7 Å². The first kappa shape index (κ1) is 19.7. The van der Waals surface area contributed by atoms with Crippen molar-refractivity contribution in [3.05, 3.63) is 35.4 Å². The van der Waals surface area contributed by atoms with E-state index in [1.807, 2.05) is 37.8 Å². The van der Waals surface area contributed by atoms with Gasteiger partial charge in [0.05, 0.1) is 6.61 Å². The molecule has 0 spiro atoms. The van der Waals surface area contributed by atoms with Crippen LogP contribution in [0.5, 0.6) is 0 Å². The van der Waals surface area contributed by atoms with Gasteiger partial charge in [0, 0.05) is 31.2 Å². The number of hydrogen-bond acceptors (Lipinski definition) is 4. The third-order valence-electron chi connectivity index (χ3n) is 4.80. The van der Waals surface area contributed by atoms with Crippen molar-refractivity contribution in [3.63, 3.8) is 0 Å². The molecule has 5 nitrogen and oxygen atoms in total. The molecule has 0 saturated carbocycles. The largest absolute Gasteiger partial charge is 0.444 e. The van der Waals surface area contributed by atoms with Crippen LogP contribution in [0.25, 0.3) is 0 Å². The first-order chi connectivity index (χ1) is 11.6. The summed E-state index contributed by atoms with van der Waals surface area (Å²) < 4.78 is 5.55. The van der Waals surface area contributed by atoms with Crippen LogP contribution in [-0.2, 0) is 11.3 Å². The van der Waals surface area contributed by atoms with Gasteiger partial charge in [0.1, 0.15) is 5.60 Å². The number of piperazine rings is 1. The highest BCUT2D eigenvalue weighted by molar-refractivity contribution is 5.68. The predicted molar refractivity (Wildman–Crippen MR) is 99.3 cm³/mol. The molecule has 1 amide bonds. The minimum atomic E-state index is -0.473. The van der Waals surface area contributed by atoms with Gasteiger partial charge in [-0.1, -0.05) is 24.3 Å². The number of nitrogens with zero attached hydrogens (tertiary/aromatic N) is 2. The number of hydrogen-bond donors (Lipinski definition) is 1. The van der Waals surface area contributed by atoms with Crippen LogP contribution in [-0.4, -0.2) is 51.8 Å². The molecule has 1 aromatic carbocycles. The summed E-state index contributed by atoms with van der Waals surface area (Å²) in [6.45, 7) is 13.6. The molecular weight excluding hydrogens is 316 g/mol. The van der Waals surface area contributed by atoms with E-state index in [4.69, 9.17) is 4.74 Å². The number of ether oxygens (including phenoxy) is 1. The van der Waals surface area contributed by atoms with Crippen LogP contribution in [0.15, 0.2) is 24.3 Å². The smallest absolute Gasteiger partial charge is 0.410 e. The molecule has 0 radical (unpaired) electrons. The summed E-state index contributed by atoms with van der Waals surface area (Å²) in [5.74, 6) is 0. The average molecular weight is 348 g/mol. The van der Waals surface area contributed by atoms with Crippen LogP contribution in [0.2, 0.25) is 0 Å². The first-order valence-corrected chi connectivity index (χ1v) is 9.07. The van der Waals surface area contributed by atoms with Crippen LogP contribution < -0.4 is 0 Å². The van der Waals surface area contributed by atoms with Gasteiger partial charge in [-0.25, -0.2) is 4.79 Å². The highest BCUT2D eigenvalue weighted by Gasteiger charge is 2.36. The summed E-state index contributed by atoms with van der Waals surface area (Å²) in [4.78, 5) is 16.7. The molecule has 140 valence electrons. The Morgan fingerprint density at radius 1 is 1.20 bits per heavy atom. The topological polar surface area (TPSA) is 53.0 Å². The number of rotatable bonds is 3. The molecule has 1 aliphatic rings. The zero-order valence-corrected chi connectivity index (χ0v) is 16.3.